The maximum Gasteiger partial charge on any atom is 0.343 e. The molecule has 0 aliphatic heterocycles. The van der Waals surface area contributed by atoms with E-state index >= 15 is 0 Å². The first-order chi connectivity index (χ1) is 15.5. The number of rotatable bonds is 8. The van der Waals surface area contributed by atoms with Crippen molar-refractivity contribution in [3.05, 3.63) is 86.7 Å². The first-order valence-electron chi connectivity index (χ1n) is 9.84. The van der Waals surface area contributed by atoms with Gasteiger partial charge in [0.1, 0.15) is 0 Å². The molecule has 0 aliphatic carbocycles. The largest absolute Gasteiger partial charge is 0.343 e. The zero-order valence-electron chi connectivity index (χ0n) is 17.2. The molecule has 2 heterocycles. The molecule has 0 unspecified atom stereocenters. The Morgan fingerprint density at radius 1 is 1.22 bits per heavy atom. The lowest BCUT2D eigenvalue weighted by molar-refractivity contribution is -0.115. The molecular weight excluding hydrogens is 466 g/mol. The average Bonchev–Trinajstić information content (AvgIpc) is 3.38. The van der Waals surface area contributed by atoms with Gasteiger partial charge in [0.2, 0.25) is 5.91 Å². The fourth-order valence-corrected chi connectivity index (χ4v) is 5.18. The van der Waals surface area contributed by atoms with Crippen molar-refractivity contribution >= 4 is 51.4 Å². The van der Waals surface area contributed by atoms with Crippen LogP contribution in [0.5, 0.6) is 0 Å². The maximum absolute atomic E-state index is 12.3. The first kappa shape index (κ1) is 22.3. The van der Waals surface area contributed by atoms with Crippen LogP contribution in [-0.2, 0) is 23.5 Å². The number of nitrogens with one attached hydrogen (secondary N) is 1. The summed E-state index contributed by atoms with van der Waals surface area (Å²) in [6.07, 6.45) is 0.738. The summed E-state index contributed by atoms with van der Waals surface area (Å²) in [6.45, 7) is 2.03. The Balaban J connectivity index is 1.45. The van der Waals surface area contributed by atoms with Crippen molar-refractivity contribution in [1.29, 1.82) is 0 Å². The van der Waals surface area contributed by atoms with Crippen molar-refractivity contribution in [1.82, 2.24) is 19.7 Å². The van der Waals surface area contributed by atoms with Gasteiger partial charge in [-0.2, -0.15) is 0 Å². The highest BCUT2D eigenvalue weighted by molar-refractivity contribution is 7.98. The maximum atomic E-state index is 12.3. The van der Waals surface area contributed by atoms with Crippen LogP contribution in [0.25, 0.3) is 0 Å². The lowest BCUT2D eigenvalue weighted by Crippen LogP contribution is -2.22. The summed E-state index contributed by atoms with van der Waals surface area (Å²) in [5.41, 5.74) is 2.39. The second kappa shape index (κ2) is 10.2. The van der Waals surface area contributed by atoms with Gasteiger partial charge in [-0.15, -0.1) is 16.4 Å². The van der Waals surface area contributed by atoms with Gasteiger partial charge in [-0.25, -0.2) is 14.9 Å². The number of aromatic nitrogens is 4. The number of halogens is 1. The third kappa shape index (κ3) is 5.29. The minimum atomic E-state index is -0.230. The third-order valence-electron chi connectivity index (χ3n) is 4.65. The topological polar surface area (TPSA) is 83.9 Å². The lowest BCUT2D eigenvalue weighted by Gasteiger charge is -2.18. The van der Waals surface area contributed by atoms with Crippen LogP contribution in [0.15, 0.2) is 69.9 Å². The van der Waals surface area contributed by atoms with E-state index in [0.717, 1.165) is 17.7 Å². The van der Waals surface area contributed by atoms with E-state index in [1.165, 1.54) is 34.9 Å². The number of anilines is 2. The second-order valence-electron chi connectivity index (χ2n) is 6.94. The molecule has 164 valence electrons. The first-order valence-corrected chi connectivity index (χ1v) is 12.1. The van der Waals surface area contributed by atoms with Crippen LogP contribution >= 0.6 is 34.7 Å². The predicted molar refractivity (Wildman–Crippen MR) is 129 cm³/mol. The molecule has 0 saturated heterocycles. The van der Waals surface area contributed by atoms with Gasteiger partial charge in [-0.05, 0) is 30.2 Å². The number of benzene rings is 2. The highest BCUT2D eigenvalue weighted by atomic mass is 35.5. The summed E-state index contributed by atoms with van der Waals surface area (Å²) in [5.74, 6) is 0.371. The molecule has 2 aromatic carbocycles. The summed E-state index contributed by atoms with van der Waals surface area (Å²) in [7, 11) is 0. The van der Waals surface area contributed by atoms with Crippen LogP contribution < -0.4 is 10.6 Å². The molecule has 0 spiro atoms. The van der Waals surface area contributed by atoms with E-state index in [0.29, 0.717) is 33.3 Å². The van der Waals surface area contributed by atoms with Crippen LogP contribution in [0.2, 0.25) is 5.02 Å². The number of thiazole rings is 1. The molecule has 0 aliphatic rings. The highest BCUT2D eigenvalue weighted by Gasteiger charge is 2.19. The van der Waals surface area contributed by atoms with Gasteiger partial charge in [0.15, 0.2) is 10.3 Å². The van der Waals surface area contributed by atoms with Crippen LogP contribution in [-0.4, -0.2) is 25.7 Å². The molecule has 0 bridgehead atoms. The molecule has 0 fully saturated rings. The van der Waals surface area contributed by atoms with Crippen LogP contribution in [0.4, 0.5) is 10.8 Å². The van der Waals surface area contributed by atoms with Crippen LogP contribution in [0.3, 0.4) is 0 Å². The molecule has 0 saturated carbocycles. The molecule has 0 radical (unpaired) electrons. The molecule has 10 heteroatoms. The second-order valence-corrected chi connectivity index (χ2v) is 9.16. The number of aryl methyl sites for hydroxylation is 1. The number of H-pyrrole nitrogens is 1. The van der Waals surface area contributed by atoms with Gasteiger partial charge < -0.3 is 0 Å². The van der Waals surface area contributed by atoms with E-state index in [1.807, 2.05) is 41.8 Å². The smallest absolute Gasteiger partial charge is 0.274 e. The molecule has 2 aromatic heterocycles. The Labute approximate surface area is 198 Å². The van der Waals surface area contributed by atoms with Gasteiger partial charge in [-0.3, -0.25) is 14.3 Å². The van der Waals surface area contributed by atoms with Crippen molar-refractivity contribution in [2.75, 3.05) is 4.90 Å². The van der Waals surface area contributed by atoms with Gasteiger partial charge in [-0.1, -0.05) is 59.8 Å². The fourth-order valence-electron chi connectivity index (χ4n) is 3.14. The summed E-state index contributed by atoms with van der Waals surface area (Å²) in [5, 5.41) is 10.3. The molecule has 1 N–H and O–H groups in total. The predicted octanol–water partition coefficient (Wildman–Crippen LogP) is 4.90. The molecular formula is C22H20ClN5O2S2. The van der Waals surface area contributed by atoms with Gasteiger partial charge in [0, 0.05) is 29.6 Å². The molecule has 4 rings (SSSR count). The van der Waals surface area contributed by atoms with Crippen molar-refractivity contribution in [2.24, 2.45) is 0 Å². The van der Waals surface area contributed by atoms with E-state index in [1.54, 1.807) is 22.8 Å². The normalized spacial score (nSPS) is 10.9. The number of thioether (sulfide) groups is 1. The van der Waals surface area contributed by atoms with E-state index in [-0.39, 0.29) is 11.6 Å². The van der Waals surface area contributed by atoms with Gasteiger partial charge in [0.05, 0.1) is 11.4 Å². The molecule has 4 aromatic rings. The molecule has 32 heavy (non-hydrogen) atoms. The quantitative estimate of drug-likeness (QED) is 0.359. The summed E-state index contributed by atoms with van der Waals surface area (Å²) < 4.78 is 1.64. The van der Waals surface area contributed by atoms with Crippen molar-refractivity contribution in [3.8, 4) is 0 Å². The summed E-state index contributed by atoms with van der Waals surface area (Å²) in [4.78, 5) is 30.6. The van der Waals surface area contributed by atoms with Crippen LogP contribution in [0, 0.1) is 0 Å². The van der Waals surface area contributed by atoms with Crippen molar-refractivity contribution in [2.45, 2.75) is 30.8 Å². The Hall–Kier alpha value is -2.88. The number of hydrogen-bond donors (Lipinski definition) is 1. The highest BCUT2D eigenvalue weighted by Crippen LogP contribution is 2.32. The third-order valence-corrected chi connectivity index (χ3v) is 6.77. The Morgan fingerprint density at radius 2 is 2.03 bits per heavy atom. The fraction of sp³-hybridized carbons (Fsp3) is 0.182. The molecule has 1 amide bonds. The summed E-state index contributed by atoms with van der Waals surface area (Å²) in [6, 6.07) is 17.1. The van der Waals surface area contributed by atoms with Crippen molar-refractivity contribution in [3.63, 3.8) is 0 Å². The molecule has 7 nitrogen and oxygen atoms in total. The SMILES string of the molecule is CC(=O)N(c1cccc(Cl)c1)c1nc(CSc2n[nH]c(=O)n2CCc2ccccc2)cs1. The van der Waals surface area contributed by atoms with Gasteiger partial charge >= 0.3 is 5.69 Å². The van der Waals surface area contributed by atoms with E-state index in [2.05, 4.69) is 15.2 Å². The standard InChI is InChI=1S/C22H20ClN5O2S2/c1-15(29)28(19-9-5-8-17(23)12-19)21-24-18(13-31-21)14-32-22-26-25-20(30)27(22)11-10-16-6-3-2-4-7-16/h2-9,12-13H,10-11,14H2,1H3,(H,25,30). The number of amides is 1. The Morgan fingerprint density at radius 3 is 2.78 bits per heavy atom. The minimum absolute atomic E-state index is 0.150. The number of aromatic amines is 1. The summed E-state index contributed by atoms with van der Waals surface area (Å²) >= 11 is 8.90. The zero-order valence-corrected chi connectivity index (χ0v) is 19.6. The van der Waals surface area contributed by atoms with Crippen LogP contribution in [0.1, 0.15) is 18.2 Å². The molecule has 0 atom stereocenters. The Bertz CT molecular complexity index is 1270. The number of nitrogens with zero attached hydrogens (tertiary/aromatic N) is 4. The number of carbonyl (C=O) groups excluding carboxylic acids is 1. The van der Waals surface area contributed by atoms with E-state index < -0.39 is 0 Å². The number of hydrogen-bond acceptors (Lipinski definition) is 6. The van der Waals surface area contributed by atoms with Crippen molar-refractivity contribution < 1.29 is 4.79 Å². The monoisotopic (exact) mass is 485 g/mol. The number of carbonyl (C=O) groups is 1. The Kier molecular flexibility index (Phi) is 7.09. The minimum Gasteiger partial charge on any atom is -0.274 e. The lowest BCUT2D eigenvalue weighted by atomic mass is 10.1. The average molecular weight is 486 g/mol. The zero-order chi connectivity index (χ0) is 22.5. The van der Waals surface area contributed by atoms with Gasteiger partial charge in [0.25, 0.3) is 0 Å². The van der Waals surface area contributed by atoms with E-state index in [9.17, 15) is 9.59 Å². The van der Waals surface area contributed by atoms with E-state index in [4.69, 9.17) is 11.6 Å².